The summed E-state index contributed by atoms with van der Waals surface area (Å²) in [5.41, 5.74) is 2.30. The minimum atomic E-state index is 0.0439. The summed E-state index contributed by atoms with van der Waals surface area (Å²) in [4.78, 5) is 7.05. The first kappa shape index (κ1) is 14.3. The summed E-state index contributed by atoms with van der Waals surface area (Å²) in [6.07, 6.45) is 3.78. The zero-order valence-corrected chi connectivity index (χ0v) is 13.6. The van der Waals surface area contributed by atoms with Crippen LogP contribution in [0.2, 0.25) is 0 Å². The van der Waals surface area contributed by atoms with Crippen LogP contribution >= 0.6 is 0 Å². The van der Waals surface area contributed by atoms with Crippen LogP contribution in [-0.4, -0.2) is 39.8 Å². The van der Waals surface area contributed by atoms with Gasteiger partial charge in [-0.15, -0.1) is 0 Å². The molecule has 0 bridgehead atoms. The van der Waals surface area contributed by atoms with E-state index in [0.29, 0.717) is 0 Å². The number of nitrogens with zero attached hydrogens (tertiary/aromatic N) is 4. The number of anilines is 1. The number of piperazine rings is 1. The summed E-state index contributed by atoms with van der Waals surface area (Å²) in [5.74, 6) is 1.03. The number of fused-ring (bicyclic) bond motifs is 1. The first-order valence-corrected chi connectivity index (χ1v) is 7.62. The molecule has 0 aromatic carbocycles. The SMILES string of the molecule is CC(C)(C)c1cc2c(N3CCNCC3(C)C)nccn2n1. The summed E-state index contributed by atoms with van der Waals surface area (Å²) >= 11 is 0. The van der Waals surface area contributed by atoms with Gasteiger partial charge < -0.3 is 10.2 Å². The highest BCUT2D eigenvalue weighted by Crippen LogP contribution is 2.30. The van der Waals surface area contributed by atoms with E-state index in [0.717, 1.165) is 36.7 Å². The highest BCUT2D eigenvalue weighted by atomic mass is 15.3. The lowest BCUT2D eigenvalue weighted by atomic mass is 9.92. The van der Waals surface area contributed by atoms with Crippen molar-refractivity contribution in [1.29, 1.82) is 0 Å². The van der Waals surface area contributed by atoms with Gasteiger partial charge in [-0.25, -0.2) is 9.50 Å². The van der Waals surface area contributed by atoms with E-state index in [1.54, 1.807) is 0 Å². The van der Waals surface area contributed by atoms with Gasteiger partial charge in [0.05, 0.1) is 5.69 Å². The van der Waals surface area contributed by atoms with E-state index < -0.39 is 0 Å². The number of hydrogen-bond donors (Lipinski definition) is 1. The Morgan fingerprint density at radius 3 is 2.71 bits per heavy atom. The Labute approximate surface area is 126 Å². The second-order valence-corrected chi connectivity index (χ2v) is 7.50. The molecular formula is C16H25N5. The lowest BCUT2D eigenvalue weighted by Gasteiger charge is -2.43. The molecule has 5 heteroatoms. The number of rotatable bonds is 1. The van der Waals surface area contributed by atoms with Crippen molar-refractivity contribution in [2.24, 2.45) is 0 Å². The van der Waals surface area contributed by atoms with Crippen LogP contribution in [0.25, 0.3) is 5.52 Å². The van der Waals surface area contributed by atoms with E-state index in [2.05, 4.69) is 55.9 Å². The largest absolute Gasteiger partial charge is 0.347 e. The maximum absolute atomic E-state index is 4.72. The van der Waals surface area contributed by atoms with Crippen molar-refractivity contribution in [3.8, 4) is 0 Å². The summed E-state index contributed by atoms with van der Waals surface area (Å²) in [6, 6.07) is 2.18. The van der Waals surface area contributed by atoms with Crippen LogP contribution in [0.5, 0.6) is 0 Å². The Morgan fingerprint density at radius 1 is 1.29 bits per heavy atom. The fourth-order valence-electron chi connectivity index (χ4n) is 2.86. The number of aromatic nitrogens is 3. The Balaban J connectivity index is 2.12. The van der Waals surface area contributed by atoms with E-state index in [1.807, 2.05) is 16.9 Å². The van der Waals surface area contributed by atoms with Crippen molar-refractivity contribution in [2.75, 3.05) is 24.5 Å². The van der Waals surface area contributed by atoms with Crippen LogP contribution in [0, 0.1) is 0 Å². The lowest BCUT2D eigenvalue weighted by molar-refractivity contribution is 0.378. The summed E-state index contributed by atoms with van der Waals surface area (Å²) in [7, 11) is 0. The van der Waals surface area contributed by atoms with Gasteiger partial charge in [-0.05, 0) is 19.9 Å². The second kappa shape index (κ2) is 4.70. The maximum Gasteiger partial charge on any atom is 0.155 e. The minimum Gasteiger partial charge on any atom is -0.347 e. The highest BCUT2D eigenvalue weighted by Gasteiger charge is 2.32. The molecule has 1 aliphatic heterocycles. The molecule has 1 aliphatic rings. The predicted octanol–water partition coefficient (Wildman–Crippen LogP) is 2.21. The quantitative estimate of drug-likeness (QED) is 0.873. The topological polar surface area (TPSA) is 45.5 Å². The van der Waals surface area contributed by atoms with Crippen LogP contribution in [0.15, 0.2) is 18.5 Å². The molecule has 0 aliphatic carbocycles. The van der Waals surface area contributed by atoms with Gasteiger partial charge in [-0.2, -0.15) is 5.10 Å². The molecule has 5 nitrogen and oxygen atoms in total. The summed E-state index contributed by atoms with van der Waals surface area (Å²) < 4.78 is 1.96. The van der Waals surface area contributed by atoms with Gasteiger partial charge in [-0.3, -0.25) is 0 Å². The van der Waals surface area contributed by atoms with Gasteiger partial charge in [0.25, 0.3) is 0 Å². The van der Waals surface area contributed by atoms with Gasteiger partial charge in [-0.1, -0.05) is 20.8 Å². The smallest absolute Gasteiger partial charge is 0.155 e. The van der Waals surface area contributed by atoms with Crippen molar-refractivity contribution in [1.82, 2.24) is 19.9 Å². The molecule has 1 saturated heterocycles. The summed E-state index contributed by atoms with van der Waals surface area (Å²) in [6.45, 7) is 14.0. The molecule has 2 aromatic heterocycles. The lowest BCUT2D eigenvalue weighted by Crippen LogP contribution is -2.58. The van der Waals surface area contributed by atoms with Crippen LogP contribution < -0.4 is 10.2 Å². The molecule has 1 fully saturated rings. The molecule has 1 N–H and O–H groups in total. The fourth-order valence-corrected chi connectivity index (χ4v) is 2.86. The van der Waals surface area contributed by atoms with Crippen molar-refractivity contribution in [3.05, 3.63) is 24.2 Å². The third-order valence-electron chi connectivity index (χ3n) is 4.19. The Hall–Kier alpha value is -1.62. The molecule has 0 saturated carbocycles. The minimum absolute atomic E-state index is 0.0439. The van der Waals surface area contributed by atoms with Gasteiger partial charge in [0, 0.05) is 43.0 Å². The van der Waals surface area contributed by atoms with E-state index in [9.17, 15) is 0 Å². The van der Waals surface area contributed by atoms with E-state index in [1.165, 1.54) is 0 Å². The van der Waals surface area contributed by atoms with E-state index in [4.69, 9.17) is 5.10 Å². The Kier molecular flexibility index (Phi) is 3.20. The molecular weight excluding hydrogens is 262 g/mol. The average Bonchev–Trinajstić information content (AvgIpc) is 2.82. The third-order valence-corrected chi connectivity index (χ3v) is 4.19. The highest BCUT2D eigenvalue weighted by molar-refractivity contribution is 5.70. The second-order valence-electron chi connectivity index (χ2n) is 7.50. The standard InChI is InChI=1S/C16H25N5/c1-15(2,3)13-10-12-14(18-7-9-21(12)19-13)20-8-6-17-11-16(20,4)5/h7,9-10,17H,6,8,11H2,1-5H3. The molecule has 0 amide bonds. The monoisotopic (exact) mass is 287 g/mol. The predicted molar refractivity (Wildman–Crippen MR) is 86.0 cm³/mol. The maximum atomic E-state index is 4.72. The molecule has 2 aromatic rings. The molecule has 3 rings (SSSR count). The van der Waals surface area contributed by atoms with Gasteiger partial charge in [0.1, 0.15) is 5.52 Å². The van der Waals surface area contributed by atoms with Crippen LogP contribution in [-0.2, 0) is 5.41 Å². The molecule has 0 atom stereocenters. The van der Waals surface area contributed by atoms with Crippen molar-refractivity contribution < 1.29 is 0 Å². The third kappa shape index (κ3) is 2.50. The van der Waals surface area contributed by atoms with Crippen molar-refractivity contribution >= 4 is 11.3 Å². The Bertz CT molecular complexity index is 650. The van der Waals surface area contributed by atoms with Gasteiger partial charge in [0.15, 0.2) is 5.82 Å². The van der Waals surface area contributed by atoms with Crippen molar-refractivity contribution in [2.45, 2.75) is 45.6 Å². The van der Waals surface area contributed by atoms with Gasteiger partial charge in [0.2, 0.25) is 0 Å². The van der Waals surface area contributed by atoms with Crippen LogP contribution in [0.3, 0.4) is 0 Å². The molecule has 21 heavy (non-hydrogen) atoms. The fraction of sp³-hybridized carbons (Fsp3) is 0.625. The zero-order chi connectivity index (χ0) is 15.3. The molecule has 3 heterocycles. The zero-order valence-electron chi connectivity index (χ0n) is 13.6. The van der Waals surface area contributed by atoms with Crippen molar-refractivity contribution in [3.63, 3.8) is 0 Å². The molecule has 114 valence electrons. The normalized spacial score (nSPS) is 19.2. The van der Waals surface area contributed by atoms with E-state index >= 15 is 0 Å². The number of hydrogen-bond acceptors (Lipinski definition) is 4. The first-order valence-electron chi connectivity index (χ1n) is 7.62. The average molecular weight is 287 g/mol. The molecule has 0 unspecified atom stereocenters. The van der Waals surface area contributed by atoms with Crippen LogP contribution in [0.4, 0.5) is 5.82 Å². The number of nitrogens with one attached hydrogen (secondary N) is 1. The summed E-state index contributed by atoms with van der Waals surface area (Å²) in [5, 5.41) is 8.18. The molecule has 0 radical (unpaired) electrons. The Morgan fingerprint density at radius 2 is 2.05 bits per heavy atom. The van der Waals surface area contributed by atoms with E-state index in [-0.39, 0.29) is 11.0 Å². The first-order chi connectivity index (χ1) is 9.79. The van der Waals surface area contributed by atoms with Crippen LogP contribution in [0.1, 0.15) is 40.3 Å². The molecule has 0 spiro atoms. The van der Waals surface area contributed by atoms with Gasteiger partial charge >= 0.3 is 0 Å².